The molecular weight excluding hydrogens is 252 g/mol. The molecule has 0 aliphatic carbocycles. The van der Waals surface area contributed by atoms with Crippen LogP contribution in [0.2, 0.25) is 0 Å². The van der Waals surface area contributed by atoms with Crippen LogP contribution in [-0.2, 0) is 10.0 Å². The Balaban J connectivity index is 3.30. The van der Waals surface area contributed by atoms with Crippen LogP contribution >= 0.6 is 0 Å². The third kappa shape index (κ3) is 2.66. The van der Waals surface area contributed by atoms with Gasteiger partial charge < -0.3 is 10.5 Å². The molecule has 0 aliphatic rings. The lowest BCUT2D eigenvalue weighted by Gasteiger charge is -2.19. The van der Waals surface area contributed by atoms with Crippen molar-refractivity contribution in [3.05, 3.63) is 23.3 Å². The lowest BCUT2D eigenvalue weighted by atomic mass is 10.1. The largest absolute Gasteiger partial charge is 0.496 e. The lowest BCUT2D eigenvalue weighted by Crippen LogP contribution is -2.32. The summed E-state index contributed by atoms with van der Waals surface area (Å²) >= 11 is 0. The SMILES string of the molecule is COc1ccc(S(=O)(=O)N(C)CCN)c(C)c1C. The molecule has 1 aromatic carbocycles. The maximum Gasteiger partial charge on any atom is 0.243 e. The topological polar surface area (TPSA) is 72.6 Å². The first-order valence-electron chi connectivity index (χ1n) is 5.66. The Morgan fingerprint density at radius 3 is 2.39 bits per heavy atom. The molecule has 5 nitrogen and oxygen atoms in total. The van der Waals surface area contributed by atoms with Crippen molar-refractivity contribution in [2.45, 2.75) is 18.7 Å². The molecule has 18 heavy (non-hydrogen) atoms. The van der Waals surface area contributed by atoms with Crippen molar-refractivity contribution in [1.82, 2.24) is 4.31 Å². The van der Waals surface area contributed by atoms with Crippen LogP contribution in [0.15, 0.2) is 17.0 Å². The summed E-state index contributed by atoms with van der Waals surface area (Å²) in [5, 5.41) is 0. The van der Waals surface area contributed by atoms with E-state index in [0.717, 1.165) is 5.56 Å². The van der Waals surface area contributed by atoms with Gasteiger partial charge in [-0.25, -0.2) is 8.42 Å². The zero-order chi connectivity index (χ0) is 13.9. The quantitative estimate of drug-likeness (QED) is 0.864. The molecule has 102 valence electrons. The predicted molar refractivity (Wildman–Crippen MR) is 71.3 cm³/mol. The van der Waals surface area contributed by atoms with E-state index in [2.05, 4.69) is 0 Å². The summed E-state index contributed by atoms with van der Waals surface area (Å²) in [7, 11) is -0.387. The number of nitrogens with two attached hydrogens (primary N) is 1. The molecule has 0 spiro atoms. The number of nitrogens with zero attached hydrogens (tertiary/aromatic N) is 1. The number of benzene rings is 1. The first kappa shape index (κ1) is 14.9. The van der Waals surface area contributed by atoms with Crippen LogP contribution < -0.4 is 10.5 Å². The lowest BCUT2D eigenvalue weighted by molar-refractivity contribution is 0.410. The minimum absolute atomic E-state index is 0.296. The Morgan fingerprint density at radius 2 is 1.89 bits per heavy atom. The van der Waals surface area contributed by atoms with Gasteiger partial charge in [-0.15, -0.1) is 0 Å². The number of sulfonamides is 1. The van der Waals surface area contributed by atoms with E-state index in [1.165, 1.54) is 11.4 Å². The van der Waals surface area contributed by atoms with E-state index in [1.54, 1.807) is 26.2 Å². The third-order valence-electron chi connectivity index (χ3n) is 3.04. The van der Waals surface area contributed by atoms with E-state index in [1.807, 2.05) is 6.92 Å². The molecule has 1 aromatic rings. The third-order valence-corrected chi connectivity index (χ3v) is 5.04. The average Bonchev–Trinajstić information content (AvgIpc) is 2.32. The fraction of sp³-hybridized carbons (Fsp3) is 0.500. The van der Waals surface area contributed by atoms with Gasteiger partial charge in [0.2, 0.25) is 10.0 Å². The van der Waals surface area contributed by atoms with Gasteiger partial charge in [-0.1, -0.05) is 0 Å². The van der Waals surface area contributed by atoms with Crippen molar-refractivity contribution in [1.29, 1.82) is 0 Å². The number of hydrogen-bond acceptors (Lipinski definition) is 4. The second kappa shape index (κ2) is 5.69. The summed E-state index contributed by atoms with van der Waals surface area (Å²) < 4.78 is 31.1. The fourth-order valence-corrected chi connectivity index (χ4v) is 3.20. The van der Waals surface area contributed by atoms with Crippen LogP contribution in [0.3, 0.4) is 0 Å². The summed E-state index contributed by atoms with van der Waals surface area (Å²) in [6, 6.07) is 3.25. The Bertz CT molecular complexity index is 526. The Hall–Kier alpha value is -1.11. The first-order chi connectivity index (χ1) is 8.36. The molecule has 2 N–H and O–H groups in total. The second-order valence-corrected chi connectivity index (χ2v) is 6.14. The van der Waals surface area contributed by atoms with Crippen molar-refractivity contribution < 1.29 is 13.2 Å². The summed E-state index contributed by atoms with van der Waals surface area (Å²) in [5.74, 6) is 0.688. The highest BCUT2D eigenvalue weighted by Gasteiger charge is 2.23. The highest BCUT2D eigenvalue weighted by Crippen LogP contribution is 2.28. The van der Waals surface area contributed by atoms with E-state index in [4.69, 9.17) is 10.5 Å². The Morgan fingerprint density at radius 1 is 1.28 bits per heavy atom. The van der Waals surface area contributed by atoms with E-state index >= 15 is 0 Å². The van der Waals surface area contributed by atoms with Gasteiger partial charge in [-0.05, 0) is 37.1 Å². The maximum atomic E-state index is 12.3. The second-order valence-electron chi connectivity index (χ2n) is 4.13. The molecule has 0 bridgehead atoms. The molecule has 0 saturated heterocycles. The van der Waals surface area contributed by atoms with Crippen molar-refractivity contribution in [2.24, 2.45) is 5.73 Å². The normalized spacial score (nSPS) is 11.9. The highest BCUT2D eigenvalue weighted by atomic mass is 32.2. The number of ether oxygens (including phenoxy) is 1. The Labute approximate surface area is 109 Å². The van der Waals surface area contributed by atoms with E-state index < -0.39 is 10.0 Å². The predicted octanol–water partition coefficient (Wildman–Crippen LogP) is 0.891. The Kier molecular flexibility index (Phi) is 4.72. The van der Waals surface area contributed by atoms with Gasteiger partial charge >= 0.3 is 0 Å². The van der Waals surface area contributed by atoms with Crippen LogP contribution in [0.4, 0.5) is 0 Å². The number of hydrogen-bond donors (Lipinski definition) is 1. The van der Waals surface area contributed by atoms with Crippen LogP contribution in [0.25, 0.3) is 0 Å². The van der Waals surface area contributed by atoms with Crippen LogP contribution in [0.1, 0.15) is 11.1 Å². The van der Waals surface area contributed by atoms with Gasteiger partial charge in [0.05, 0.1) is 12.0 Å². The number of methoxy groups -OCH3 is 1. The molecule has 0 heterocycles. The molecule has 1 rings (SSSR count). The van der Waals surface area contributed by atoms with Crippen LogP contribution in [0.5, 0.6) is 5.75 Å². The zero-order valence-corrected chi connectivity index (χ0v) is 12.0. The molecule has 0 aromatic heterocycles. The highest BCUT2D eigenvalue weighted by molar-refractivity contribution is 7.89. The molecule has 0 atom stereocenters. The number of likely N-dealkylation sites (N-methyl/N-ethyl adjacent to an activating group) is 1. The summed E-state index contributed by atoms with van der Waals surface area (Å²) in [6.45, 7) is 4.22. The average molecular weight is 272 g/mol. The molecule has 0 radical (unpaired) electrons. The zero-order valence-electron chi connectivity index (χ0n) is 11.2. The van der Waals surface area contributed by atoms with Crippen molar-refractivity contribution >= 4 is 10.0 Å². The molecular formula is C12H20N2O3S. The van der Waals surface area contributed by atoms with E-state index in [-0.39, 0.29) is 0 Å². The fourth-order valence-electron chi connectivity index (χ4n) is 1.74. The van der Waals surface area contributed by atoms with Crippen LogP contribution in [-0.4, -0.2) is 40.0 Å². The van der Waals surface area contributed by atoms with Gasteiger partial charge in [0, 0.05) is 20.1 Å². The van der Waals surface area contributed by atoms with Crippen molar-refractivity contribution in [2.75, 3.05) is 27.2 Å². The minimum atomic E-state index is -3.48. The van der Waals surface area contributed by atoms with Gasteiger partial charge in [0.15, 0.2) is 0 Å². The smallest absolute Gasteiger partial charge is 0.243 e. The van der Waals surface area contributed by atoms with Gasteiger partial charge in [-0.2, -0.15) is 4.31 Å². The van der Waals surface area contributed by atoms with Crippen molar-refractivity contribution in [3.8, 4) is 5.75 Å². The monoisotopic (exact) mass is 272 g/mol. The molecule has 0 unspecified atom stereocenters. The number of rotatable bonds is 5. The van der Waals surface area contributed by atoms with Crippen molar-refractivity contribution in [3.63, 3.8) is 0 Å². The van der Waals surface area contributed by atoms with Gasteiger partial charge in [0.25, 0.3) is 0 Å². The van der Waals surface area contributed by atoms with E-state index in [9.17, 15) is 8.42 Å². The molecule has 0 saturated carbocycles. The summed E-state index contributed by atoms with van der Waals surface area (Å²) in [6.07, 6.45) is 0. The van der Waals surface area contributed by atoms with E-state index in [0.29, 0.717) is 29.3 Å². The summed E-state index contributed by atoms with van der Waals surface area (Å²) in [4.78, 5) is 0.303. The molecule has 0 aliphatic heterocycles. The summed E-state index contributed by atoms with van der Waals surface area (Å²) in [5.41, 5.74) is 6.93. The molecule has 0 fully saturated rings. The molecule has 6 heteroatoms. The van der Waals surface area contributed by atoms with Gasteiger partial charge in [0.1, 0.15) is 5.75 Å². The van der Waals surface area contributed by atoms with Crippen LogP contribution in [0, 0.1) is 13.8 Å². The van der Waals surface area contributed by atoms with Gasteiger partial charge in [-0.3, -0.25) is 0 Å². The maximum absolute atomic E-state index is 12.3. The minimum Gasteiger partial charge on any atom is -0.496 e. The first-order valence-corrected chi connectivity index (χ1v) is 7.10. The standard InChI is InChI=1S/C12H20N2O3S/c1-9-10(2)12(6-5-11(9)17-4)18(15,16)14(3)8-7-13/h5-6H,7-8,13H2,1-4H3. The molecule has 0 amide bonds.